The van der Waals surface area contributed by atoms with Crippen LogP contribution in [0.1, 0.15) is 30.8 Å². The third-order valence-corrected chi connectivity index (χ3v) is 3.02. The van der Waals surface area contributed by atoms with Gasteiger partial charge in [0.1, 0.15) is 5.69 Å². The molecule has 0 aliphatic carbocycles. The molecule has 0 radical (unpaired) electrons. The molecule has 8 nitrogen and oxygen atoms in total. The first kappa shape index (κ1) is 14.2. The lowest BCUT2D eigenvalue weighted by Gasteiger charge is -2.09. The number of aryl methyl sites for hydroxylation is 1. The molecule has 8 heteroatoms. The van der Waals surface area contributed by atoms with Crippen LogP contribution in [0.2, 0.25) is 0 Å². The average molecular weight is 279 g/mol. The molecule has 2 rings (SSSR count). The fraction of sp³-hybridized carbons (Fsp3) is 0.500. The van der Waals surface area contributed by atoms with Crippen molar-refractivity contribution in [3.05, 3.63) is 18.1 Å². The van der Waals surface area contributed by atoms with E-state index in [4.69, 9.17) is 0 Å². The Morgan fingerprint density at radius 1 is 1.45 bits per heavy atom. The third kappa shape index (κ3) is 2.69. The van der Waals surface area contributed by atoms with Crippen LogP contribution in [0.5, 0.6) is 0 Å². The zero-order valence-corrected chi connectivity index (χ0v) is 11.4. The summed E-state index contributed by atoms with van der Waals surface area (Å²) in [4.78, 5) is 11.2. The Kier molecular flexibility index (Phi) is 4.14. The Labute approximate surface area is 115 Å². The van der Waals surface area contributed by atoms with Crippen LogP contribution in [0, 0.1) is 0 Å². The van der Waals surface area contributed by atoms with Crippen molar-refractivity contribution in [3.8, 4) is 11.3 Å². The first-order valence-electron chi connectivity index (χ1n) is 6.44. The van der Waals surface area contributed by atoms with Crippen molar-refractivity contribution in [3.63, 3.8) is 0 Å². The molecule has 2 aromatic rings. The van der Waals surface area contributed by atoms with E-state index >= 15 is 0 Å². The molecule has 1 unspecified atom stereocenters. The van der Waals surface area contributed by atoms with Crippen LogP contribution >= 0.6 is 0 Å². The lowest BCUT2D eigenvalue weighted by molar-refractivity contribution is 0.0691. The van der Waals surface area contributed by atoms with Crippen molar-refractivity contribution in [2.75, 3.05) is 0 Å². The molecule has 0 saturated heterocycles. The monoisotopic (exact) mass is 279 g/mol. The first-order valence-corrected chi connectivity index (χ1v) is 6.44. The topological polar surface area (TPSA) is 106 Å². The summed E-state index contributed by atoms with van der Waals surface area (Å²) in [5, 5.41) is 30.5. The number of carboxylic acid groups (broad SMARTS) is 1. The second-order valence-electron chi connectivity index (χ2n) is 4.42. The number of aromatic carboxylic acids is 1. The molecule has 2 aromatic heterocycles. The predicted octanol–water partition coefficient (Wildman–Crippen LogP) is 0.631. The van der Waals surface area contributed by atoms with Crippen LogP contribution < -0.4 is 0 Å². The van der Waals surface area contributed by atoms with Crippen molar-refractivity contribution in [2.24, 2.45) is 0 Å². The number of rotatable bonds is 6. The SMILES string of the molecule is CCC(O)Cn1nnc(C(=O)O)c1-c1cnn(CC)c1. The fourth-order valence-electron chi connectivity index (χ4n) is 1.86. The summed E-state index contributed by atoms with van der Waals surface area (Å²) in [5.41, 5.74) is 0.853. The zero-order valence-electron chi connectivity index (χ0n) is 11.4. The smallest absolute Gasteiger partial charge is 0.358 e. The quantitative estimate of drug-likeness (QED) is 0.803. The minimum Gasteiger partial charge on any atom is -0.476 e. The Balaban J connectivity index is 2.46. The lowest BCUT2D eigenvalue weighted by atomic mass is 10.2. The van der Waals surface area contributed by atoms with E-state index in [9.17, 15) is 15.0 Å². The molecule has 2 heterocycles. The molecule has 0 spiro atoms. The number of hydrogen-bond donors (Lipinski definition) is 2. The Morgan fingerprint density at radius 3 is 2.75 bits per heavy atom. The first-order chi connectivity index (χ1) is 9.56. The molecule has 0 amide bonds. The van der Waals surface area contributed by atoms with E-state index in [0.717, 1.165) is 0 Å². The van der Waals surface area contributed by atoms with E-state index in [1.165, 1.54) is 4.68 Å². The maximum absolute atomic E-state index is 11.2. The minimum absolute atomic E-state index is 0.135. The van der Waals surface area contributed by atoms with Crippen molar-refractivity contribution >= 4 is 5.97 Å². The van der Waals surface area contributed by atoms with Gasteiger partial charge in [0, 0.05) is 18.3 Å². The number of aliphatic hydroxyl groups excluding tert-OH is 1. The van der Waals surface area contributed by atoms with Crippen LogP contribution in [-0.2, 0) is 13.1 Å². The molecule has 108 valence electrons. The number of carboxylic acids is 1. The van der Waals surface area contributed by atoms with E-state index in [2.05, 4.69) is 15.4 Å². The van der Waals surface area contributed by atoms with Crippen LogP contribution in [0.4, 0.5) is 0 Å². The van der Waals surface area contributed by atoms with Gasteiger partial charge in [-0.25, -0.2) is 9.48 Å². The molecule has 0 bridgehead atoms. The number of aliphatic hydroxyl groups is 1. The van der Waals surface area contributed by atoms with Crippen LogP contribution in [-0.4, -0.2) is 47.1 Å². The standard InChI is InChI=1S/C12H17N5O3/c1-3-9(18)7-17-11(10(12(19)20)14-15-17)8-5-13-16(4-2)6-8/h5-6,9,18H,3-4,7H2,1-2H3,(H,19,20). The van der Waals surface area contributed by atoms with Gasteiger partial charge in [-0.1, -0.05) is 12.1 Å². The van der Waals surface area contributed by atoms with Gasteiger partial charge in [-0.15, -0.1) is 5.10 Å². The van der Waals surface area contributed by atoms with Crippen LogP contribution in [0.25, 0.3) is 11.3 Å². The van der Waals surface area contributed by atoms with Gasteiger partial charge in [0.2, 0.25) is 0 Å². The fourth-order valence-corrected chi connectivity index (χ4v) is 1.86. The molecule has 1 atom stereocenters. The predicted molar refractivity (Wildman–Crippen MR) is 70.2 cm³/mol. The van der Waals surface area contributed by atoms with E-state index in [1.54, 1.807) is 17.1 Å². The summed E-state index contributed by atoms with van der Waals surface area (Å²) < 4.78 is 3.10. The highest BCUT2D eigenvalue weighted by Gasteiger charge is 2.22. The summed E-state index contributed by atoms with van der Waals surface area (Å²) in [6, 6.07) is 0. The molecule has 0 saturated carbocycles. The van der Waals surface area contributed by atoms with Crippen molar-refractivity contribution < 1.29 is 15.0 Å². The molecular weight excluding hydrogens is 262 g/mol. The maximum Gasteiger partial charge on any atom is 0.358 e. The number of nitrogens with zero attached hydrogens (tertiary/aromatic N) is 5. The van der Waals surface area contributed by atoms with E-state index in [-0.39, 0.29) is 12.2 Å². The third-order valence-electron chi connectivity index (χ3n) is 3.02. The minimum atomic E-state index is -1.15. The highest BCUT2D eigenvalue weighted by Crippen LogP contribution is 2.22. The van der Waals surface area contributed by atoms with Gasteiger partial charge in [0.05, 0.1) is 18.8 Å². The van der Waals surface area contributed by atoms with E-state index in [0.29, 0.717) is 24.2 Å². The van der Waals surface area contributed by atoms with Gasteiger partial charge < -0.3 is 10.2 Å². The molecule has 0 fully saturated rings. The van der Waals surface area contributed by atoms with Crippen LogP contribution in [0.15, 0.2) is 12.4 Å². The van der Waals surface area contributed by atoms with Gasteiger partial charge in [0.25, 0.3) is 0 Å². The molecule has 2 N–H and O–H groups in total. The van der Waals surface area contributed by atoms with Gasteiger partial charge in [-0.2, -0.15) is 5.10 Å². The normalized spacial score (nSPS) is 12.6. The molecule has 0 aliphatic rings. The maximum atomic E-state index is 11.2. The van der Waals surface area contributed by atoms with Crippen LogP contribution in [0.3, 0.4) is 0 Å². The number of carbonyl (C=O) groups is 1. The highest BCUT2D eigenvalue weighted by molar-refractivity contribution is 5.92. The summed E-state index contributed by atoms with van der Waals surface area (Å²) in [7, 11) is 0. The summed E-state index contributed by atoms with van der Waals surface area (Å²) >= 11 is 0. The van der Waals surface area contributed by atoms with Crippen molar-refractivity contribution in [1.29, 1.82) is 0 Å². The van der Waals surface area contributed by atoms with E-state index < -0.39 is 12.1 Å². The summed E-state index contributed by atoms with van der Waals surface area (Å²) in [6.45, 7) is 4.66. The largest absolute Gasteiger partial charge is 0.476 e. The molecular formula is C12H17N5O3. The summed E-state index contributed by atoms with van der Waals surface area (Å²) in [6.07, 6.45) is 3.26. The molecule has 20 heavy (non-hydrogen) atoms. The average Bonchev–Trinajstić information content (AvgIpc) is 3.04. The molecule has 0 aliphatic heterocycles. The van der Waals surface area contributed by atoms with Crippen molar-refractivity contribution in [2.45, 2.75) is 39.5 Å². The van der Waals surface area contributed by atoms with Gasteiger partial charge in [-0.05, 0) is 13.3 Å². The highest BCUT2D eigenvalue weighted by atomic mass is 16.4. The lowest BCUT2D eigenvalue weighted by Crippen LogP contribution is -2.17. The number of aromatic nitrogens is 5. The van der Waals surface area contributed by atoms with Gasteiger partial charge in [0.15, 0.2) is 5.69 Å². The number of hydrogen-bond acceptors (Lipinski definition) is 5. The van der Waals surface area contributed by atoms with Gasteiger partial charge in [-0.3, -0.25) is 4.68 Å². The Morgan fingerprint density at radius 2 is 2.20 bits per heavy atom. The van der Waals surface area contributed by atoms with E-state index in [1.807, 2.05) is 13.8 Å². The zero-order chi connectivity index (χ0) is 14.7. The van der Waals surface area contributed by atoms with Gasteiger partial charge >= 0.3 is 5.97 Å². The second-order valence-corrected chi connectivity index (χ2v) is 4.42. The Bertz CT molecular complexity index is 604. The summed E-state index contributed by atoms with van der Waals surface area (Å²) in [5.74, 6) is -1.15. The molecule has 0 aromatic carbocycles. The second kappa shape index (κ2) is 5.83. The van der Waals surface area contributed by atoms with Crippen molar-refractivity contribution in [1.82, 2.24) is 24.8 Å². The Hall–Kier alpha value is -2.22.